The van der Waals surface area contributed by atoms with Crippen molar-refractivity contribution in [2.24, 2.45) is 0 Å². The first-order valence-electron chi connectivity index (χ1n) is 9.08. The van der Waals surface area contributed by atoms with Gasteiger partial charge in [0.1, 0.15) is 0 Å². The number of aromatic nitrogens is 1. The molecule has 1 saturated heterocycles. The number of rotatable bonds is 5. The van der Waals surface area contributed by atoms with Gasteiger partial charge in [-0.05, 0) is 45.4 Å². The maximum Gasteiger partial charge on any atom is 0.317 e. The molecule has 3 rings (SSSR count). The lowest BCUT2D eigenvalue weighted by Crippen LogP contribution is -2.36. The number of hydrogen-bond donors (Lipinski definition) is 1. The number of aliphatic carboxylic acids is 1. The van der Waals surface area contributed by atoms with E-state index in [-0.39, 0.29) is 23.2 Å². The summed E-state index contributed by atoms with van der Waals surface area (Å²) >= 11 is 0. The first kappa shape index (κ1) is 19.0. The number of carbonyl (C=O) groups is 1. The number of carboxylic acids is 1. The third-order valence-electron chi connectivity index (χ3n) is 5.16. The molecule has 8 heteroatoms. The van der Waals surface area contributed by atoms with Crippen LogP contribution >= 0.6 is 0 Å². The Morgan fingerprint density at radius 1 is 1.37 bits per heavy atom. The fraction of sp³-hybridized carbons (Fsp3) is 0.474. The number of nitro groups is 1. The average Bonchev–Trinajstić information content (AvgIpc) is 2.86. The van der Waals surface area contributed by atoms with Crippen LogP contribution in [-0.2, 0) is 4.79 Å². The molecular formula is C19H24N4O4. The van der Waals surface area contributed by atoms with Gasteiger partial charge in [-0.1, -0.05) is 0 Å². The second kappa shape index (κ2) is 7.87. The lowest BCUT2D eigenvalue weighted by molar-refractivity contribution is -0.384. The molecule has 1 N–H and O–H groups in total. The fourth-order valence-electron chi connectivity index (χ4n) is 3.80. The highest BCUT2D eigenvalue weighted by Gasteiger charge is 2.23. The topological polar surface area (TPSA) is 99.8 Å². The van der Waals surface area contributed by atoms with Gasteiger partial charge < -0.3 is 10.0 Å². The molecule has 0 bridgehead atoms. The minimum atomic E-state index is -0.818. The highest BCUT2D eigenvalue weighted by Crippen LogP contribution is 2.31. The molecule has 0 amide bonds. The maximum absolute atomic E-state index is 11.2. The Labute approximate surface area is 157 Å². The highest BCUT2D eigenvalue weighted by molar-refractivity contribution is 5.93. The summed E-state index contributed by atoms with van der Waals surface area (Å²) in [7, 11) is 1.85. The molecule has 8 nitrogen and oxygen atoms in total. The van der Waals surface area contributed by atoms with Gasteiger partial charge in [0.15, 0.2) is 0 Å². The van der Waals surface area contributed by atoms with Crippen LogP contribution in [0.3, 0.4) is 0 Å². The molecule has 1 unspecified atom stereocenters. The summed E-state index contributed by atoms with van der Waals surface area (Å²) in [6.45, 7) is 3.56. The van der Waals surface area contributed by atoms with E-state index in [2.05, 4.69) is 9.88 Å². The number of benzene rings is 1. The zero-order valence-electron chi connectivity index (χ0n) is 15.6. The number of non-ortho nitro benzene ring substituents is 1. The van der Waals surface area contributed by atoms with Crippen LogP contribution in [-0.4, -0.2) is 58.6 Å². The molecule has 1 aliphatic heterocycles. The number of aryl methyl sites for hydroxylation is 1. The van der Waals surface area contributed by atoms with Crippen LogP contribution in [0.5, 0.6) is 0 Å². The number of carboxylic acid groups (broad SMARTS) is 1. The van der Waals surface area contributed by atoms with Crippen LogP contribution in [0.2, 0.25) is 0 Å². The van der Waals surface area contributed by atoms with Gasteiger partial charge in [0.2, 0.25) is 0 Å². The molecule has 144 valence electrons. The van der Waals surface area contributed by atoms with Crippen LogP contribution in [0.15, 0.2) is 24.3 Å². The molecule has 1 atom stereocenters. The summed E-state index contributed by atoms with van der Waals surface area (Å²) in [5.74, 6) is -0.818. The van der Waals surface area contributed by atoms with E-state index >= 15 is 0 Å². The van der Waals surface area contributed by atoms with Gasteiger partial charge in [0.05, 0.1) is 17.0 Å². The van der Waals surface area contributed by atoms with Crippen molar-refractivity contribution in [3.8, 4) is 0 Å². The molecule has 0 spiro atoms. The Morgan fingerprint density at radius 3 is 2.85 bits per heavy atom. The number of nitro benzene ring substituents is 1. The predicted molar refractivity (Wildman–Crippen MR) is 103 cm³/mol. The van der Waals surface area contributed by atoms with Crippen molar-refractivity contribution in [1.82, 2.24) is 9.88 Å². The molecule has 27 heavy (non-hydrogen) atoms. The van der Waals surface area contributed by atoms with Crippen LogP contribution in [0.1, 0.15) is 25.0 Å². The molecule has 2 aromatic rings. The number of fused-ring (bicyclic) bond motifs is 1. The monoisotopic (exact) mass is 372 g/mol. The zero-order chi connectivity index (χ0) is 19.6. The molecule has 1 aliphatic rings. The smallest absolute Gasteiger partial charge is 0.317 e. The largest absolute Gasteiger partial charge is 0.480 e. The summed E-state index contributed by atoms with van der Waals surface area (Å²) in [5.41, 5.74) is 2.64. The summed E-state index contributed by atoms with van der Waals surface area (Å²) < 4.78 is 0. The van der Waals surface area contributed by atoms with Crippen molar-refractivity contribution in [3.63, 3.8) is 0 Å². The number of pyridine rings is 1. The normalized spacial score (nSPS) is 17.9. The van der Waals surface area contributed by atoms with Gasteiger partial charge in [0, 0.05) is 48.0 Å². The highest BCUT2D eigenvalue weighted by atomic mass is 16.6. The van der Waals surface area contributed by atoms with Crippen LogP contribution < -0.4 is 4.90 Å². The quantitative estimate of drug-likeness (QED) is 0.636. The minimum Gasteiger partial charge on any atom is -0.480 e. The van der Waals surface area contributed by atoms with Crippen molar-refractivity contribution in [1.29, 1.82) is 0 Å². The maximum atomic E-state index is 11.2. The summed E-state index contributed by atoms with van der Waals surface area (Å²) in [6.07, 6.45) is 2.72. The predicted octanol–water partition coefficient (Wildman–Crippen LogP) is 2.83. The Hall–Kier alpha value is -2.74. The van der Waals surface area contributed by atoms with Gasteiger partial charge in [-0.25, -0.2) is 0 Å². The zero-order valence-corrected chi connectivity index (χ0v) is 15.6. The van der Waals surface area contributed by atoms with Crippen LogP contribution in [0.25, 0.3) is 10.9 Å². The fourth-order valence-corrected chi connectivity index (χ4v) is 3.80. The van der Waals surface area contributed by atoms with Crippen molar-refractivity contribution >= 4 is 28.2 Å². The Kier molecular flexibility index (Phi) is 5.55. The number of hydrogen-bond acceptors (Lipinski definition) is 6. The van der Waals surface area contributed by atoms with Gasteiger partial charge in [-0.3, -0.25) is 24.8 Å². The van der Waals surface area contributed by atoms with Crippen molar-refractivity contribution < 1.29 is 14.8 Å². The van der Waals surface area contributed by atoms with E-state index in [4.69, 9.17) is 5.11 Å². The van der Waals surface area contributed by atoms with Gasteiger partial charge in [-0.2, -0.15) is 0 Å². The van der Waals surface area contributed by atoms with Crippen molar-refractivity contribution in [2.75, 3.05) is 31.6 Å². The van der Waals surface area contributed by atoms with E-state index in [1.54, 1.807) is 12.1 Å². The molecule has 2 heterocycles. The molecular weight excluding hydrogens is 348 g/mol. The van der Waals surface area contributed by atoms with Gasteiger partial charge in [-0.15, -0.1) is 0 Å². The molecule has 0 radical (unpaired) electrons. The molecule has 0 aliphatic carbocycles. The lowest BCUT2D eigenvalue weighted by atomic mass is 10.1. The average molecular weight is 372 g/mol. The van der Waals surface area contributed by atoms with E-state index in [9.17, 15) is 14.9 Å². The Balaban J connectivity index is 1.89. The second-order valence-electron chi connectivity index (χ2n) is 7.12. The number of nitrogens with zero attached hydrogens (tertiary/aromatic N) is 4. The first-order valence-corrected chi connectivity index (χ1v) is 9.08. The first-order chi connectivity index (χ1) is 12.8. The molecule has 1 aromatic heterocycles. The van der Waals surface area contributed by atoms with Crippen molar-refractivity contribution in [3.05, 3.63) is 40.1 Å². The van der Waals surface area contributed by atoms with Gasteiger partial charge >= 0.3 is 5.97 Å². The van der Waals surface area contributed by atoms with Crippen LogP contribution in [0, 0.1) is 17.0 Å². The lowest BCUT2D eigenvalue weighted by Gasteiger charge is -2.27. The minimum absolute atomic E-state index is 0.0359. The Morgan fingerprint density at radius 2 is 2.15 bits per heavy atom. The van der Waals surface area contributed by atoms with E-state index in [1.807, 2.05) is 24.9 Å². The standard InChI is InChI=1S/C19H24N4O4/c1-13-10-18(16-11-15(23(26)27)5-6-17(16)20-13)22-8-3-4-14(7-9-22)21(2)12-19(24)25/h5-6,10-11,14H,3-4,7-9,12H2,1-2H3,(H,24,25). The summed E-state index contributed by atoms with van der Waals surface area (Å²) in [5, 5.41) is 21.0. The summed E-state index contributed by atoms with van der Waals surface area (Å²) in [4.78, 5) is 30.4. The third-order valence-corrected chi connectivity index (χ3v) is 5.16. The van der Waals surface area contributed by atoms with Crippen molar-refractivity contribution in [2.45, 2.75) is 32.2 Å². The third kappa shape index (κ3) is 4.33. The number of anilines is 1. The van der Waals surface area contributed by atoms with E-state index < -0.39 is 5.97 Å². The van der Waals surface area contributed by atoms with Crippen LogP contribution in [0.4, 0.5) is 11.4 Å². The van der Waals surface area contributed by atoms with E-state index in [1.165, 1.54) is 6.07 Å². The van der Waals surface area contributed by atoms with Gasteiger partial charge in [0.25, 0.3) is 5.69 Å². The van der Waals surface area contributed by atoms with E-state index in [0.29, 0.717) is 0 Å². The Bertz CT molecular complexity index is 870. The summed E-state index contributed by atoms with van der Waals surface area (Å²) in [6, 6.07) is 6.97. The van der Waals surface area contributed by atoms with E-state index in [0.717, 1.165) is 54.6 Å². The molecule has 1 aromatic carbocycles. The SMILES string of the molecule is Cc1cc(N2CCCC(N(C)CC(=O)O)CC2)c2cc([N+](=O)[O-])ccc2n1. The number of likely N-dealkylation sites (N-methyl/N-ethyl adjacent to an activating group) is 1. The molecule has 1 fully saturated rings. The second-order valence-corrected chi connectivity index (χ2v) is 7.12. The molecule has 0 saturated carbocycles.